The van der Waals surface area contributed by atoms with E-state index in [4.69, 9.17) is 4.74 Å². The minimum absolute atomic E-state index is 0.730. The number of piperidine rings is 1. The zero-order valence-corrected chi connectivity index (χ0v) is 12.2. The van der Waals surface area contributed by atoms with Gasteiger partial charge in [-0.1, -0.05) is 12.1 Å². The van der Waals surface area contributed by atoms with Gasteiger partial charge in [-0.15, -0.1) is 0 Å². The molecule has 0 saturated carbocycles. The molecule has 1 aliphatic rings. The molecule has 1 heterocycles. The molecule has 1 aromatic rings. The maximum Gasteiger partial charge on any atom is 0.119 e. The van der Waals surface area contributed by atoms with Gasteiger partial charge < -0.3 is 15.0 Å². The average molecular weight is 262 g/mol. The Hall–Kier alpha value is -1.06. The fourth-order valence-electron chi connectivity index (χ4n) is 2.75. The molecule has 19 heavy (non-hydrogen) atoms. The van der Waals surface area contributed by atoms with Crippen molar-refractivity contribution >= 4 is 0 Å². The fraction of sp³-hybridized carbons (Fsp3) is 0.625. The lowest BCUT2D eigenvalue weighted by Gasteiger charge is -2.27. The number of nitrogens with one attached hydrogen (secondary N) is 1. The Morgan fingerprint density at radius 1 is 1.32 bits per heavy atom. The number of benzene rings is 1. The number of hydrogen-bond acceptors (Lipinski definition) is 3. The zero-order chi connectivity index (χ0) is 13.5. The van der Waals surface area contributed by atoms with Crippen molar-refractivity contribution in [2.75, 3.05) is 33.3 Å². The summed E-state index contributed by atoms with van der Waals surface area (Å²) in [6.07, 6.45) is 2.68. The van der Waals surface area contributed by atoms with Crippen molar-refractivity contribution in [2.24, 2.45) is 5.92 Å². The van der Waals surface area contributed by atoms with Gasteiger partial charge in [-0.3, -0.25) is 0 Å². The molecule has 0 bridgehead atoms. The van der Waals surface area contributed by atoms with Crippen molar-refractivity contribution in [1.82, 2.24) is 10.2 Å². The topological polar surface area (TPSA) is 24.5 Å². The van der Waals surface area contributed by atoms with Gasteiger partial charge in [-0.25, -0.2) is 0 Å². The molecular weight excluding hydrogens is 236 g/mol. The minimum Gasteiger partial charge on any atom is -0.494 e. The zero-order valence-electron chi connectivity index (χ0n) is 12.2. The minimum atomic E-state index is 0.730. The first-order chi connectivity index (χ1) is 9.28. The quantitative estimate of drug-likeness (QED) is 0.852. The molecule has 0 radical (unpaired) electrons. The van der Waals surface area contributed by atoms with Gasteiger partial charge in [0.15, 0.2) is 0 Å². The van der Waals surface area contributed by atoms with E-state index in [-0.39, 0.29) is 0 Å². The molecule has 1 aliphatic heterocycles. The molecule has 2 rings (SSSR count). The van der Waals surface area contributed by atoms with Gasteiger partial charge in [0.25, 0.3) is 0 Å². The molecule has 106 valence electrons. The van der Waals surface area contributed by atoms with Crippen LogP contribution >= 0.6 is 0 Å². The maximum absolute atomic E-state index is 5.47. The summed E-state index contributed by atoms with van der Waals surface area (Å²) in [5.41, 5.74) is 1.36. The van der Waals surface area contributed by atoms with Gasteiger partial charge >= 0.3 is 0 Å². The highest BCUT2D eigenvalue weighted by molar-refractivity contribution is 5.27. The highest BCUT2D eigenvalue weighted by Gasteiger charge is 2.14. The van der Waals surface area contributed by atoms with E-state index in [1.165, 1.54) is 38.0 Å². The maximum atomic E-state index is 5.47. The SMILES string of the molecule is CCOc1ccc(CN(C)CC2CCCNC2)cc1. The Labute approximate surface area is 116 Å². The van der Waals surface area contributed by atoms with Gasteiger partial charge in [-0.2, -0.15) is 0 Å². The molecule has 1 fully saturated rings. The third kappa shape index (κ3) is 4.84. The summed E-state index contributed by atoms with van der Waals surface area (Å²) in [6, 6.07) is 8.46. The van der Waals surface area contributed by atoms with Crippen LogP contribution in [-0.4, -0.2) is 38.2 Å². The van der Waals surface area contributed by atoms with Crippen molar-refractivity contribution < 1.29 is 4.74 Å². The highest BCUT2D eigenvalue weighted by atomic mass is 16.5. The van der Waals surface area contributed by atoms with Crippen LogP contribution in [0.1, 0.15) is 25.3 Å². The summed E-state index contributed by atoms with van der Waals surface area (Å²) in [7, 11) is 2.21. The van der Waals surface area contributed by atoms with Crippen molar-refractivity contribution in [3.63, 3.8) is 0 Å². The van der Waals surface area contributed by atoms with Crippen molar-refractivity contribution in [2.45, 2.75) is 26.3 Å². The first-order valence-corrected chi connectivity index (χ1v) is 7.39. The van der Waals surface area contributed by atoms with Crippen LogP contribution in [-0.2, 0) is 6.54 Å². The normalized spacial score (nSPS) is 19.6. The largest absolute Gasteiger partial charge is 0.494 e. The van der Waals surface area contributed by atoms with E-state index in [1.54, 1.807) is 0 Å². The molecule has 1 unspecified atom stereocenters. The third-order valence-corrected chi connectivity index (χ3v) is 3.66. The molecule has 0 spiro atoms. The standard InChI is InChI=1S/C16H26N2O/c1-3-19-16-8-6-14(7-9-16)12-18(2)13-15-5-4-10-17-11-15/h6-9,15,17H,3-5,10-13H2,1-2H3. The lowest BCUT2D eigenvalue weighted by atomic mass is 9.99. The van der Waals surface area contributed by atoms with E-state index in [1.807, 2.05) is 6.92 Å². The predicted molar refractivity (Wildman–Crippen MR) is 79.5 cm³/mol. The number of nitrogens with zero attached hydrogens (tertiary/aromatic N) is 1. The lowest BCUT2D eigenvalue weighted by Crippen LogP contribution is -2.36. The second kappa shape index (κ2) is 7.51. The summed E-state index contributed by atoms with van der Waals surface area (Å²) >= 11 is 0. The van der Waals surface area contributed by atoms with E-state index < -0.39 is 0 Å². The van der Waals surface area contributed by atoms with E-state index in [0.717, 1.165) is 24.8 Å². The first-order valence-electron chi connectivity index (χ1n) is 7.39. The van der Waals surface area contributed by atoms with Crippen LogP contribution in [0.5, 0.6) is 5.75 Å². The van der Waals surface area contributed by atoms with Crippen LogP contribution < -0.4 is 10.1 Å². The molecule has 0 amide bonds. The number of ether oxygens (including phenoxy) is 1. The predicted octanol–water partition coefficient (Wildman–Crippen LogP) is 2.52. The summed E-state index contributed by atoms with van der Waals surface area (Å²) in [4.78, 5) is 2.42. The van der Waals surface area contributed by atoms with Gasteiger partial charge in [0.05, 0.1) is 6.61 Å². The Balaban J connectivity index is 1.78. The highest BCUT2D eigenvalue weighted by Crippen LogP contribution is 2.15. The summed E-state index contributed by atoms with van der Waals surface area (Å²) in [5, 5.41) is 3.48. The van der Waals surface area contributed by atoms with Gasteiger partial charge in [0, 0.05) is 13.1 Å². The van der Waals surface area contributed by atoms with E-state index >= 15 is 0 Å². The van der Waals surface area contributed by atoms with Crippen LogP contribution in [0.2, 0.25) is 0 Å². The smallest absolute Gasteiger partial charge is 0.119 e. The third-order valence-electron chi connectivity index (χ3n) is 3.66. The fourth-order valence-corrected chi connectivity index (χ4v) is 2.75. The van der Waals surface area contributed by atoms with Crippen molar-refractivity contribution in [1.29, 1.82) is 0 Å². The van der Waals surface area contributed by atoms with Crippen molar-refractivity contribution in [3.05, 3.63) is 29.8 Å². The van der Waals surface area contributed by atoms with Crippen LogP contribution in [0.4, 0.5) is 0 Å². The van der Waals surface area contributed by atoms with E-state index in [0.29, 0.717) is 0 Å². The molecular formula is C16H26N2O. The molecule has 3 heteroatoms. The molecule has 1 aromatic carbocycles. The molecule has 1 saturated heterocycles. The summed E-state index contributed by atoms with van der Waals surface area (Å²) in [5.74, 6) is 1.77. The second-order valence-electron chi connectivity index (χ2n) is 5.49. The summed E-state index contributed by atoms with van der Waals surface area (Å²) < 4.78 is 5.47. The Bertz CT molecular complexity index is 358. The van der Waals surface area contributed by atoms with Gasteiger partial charge in [0.2, 0.25) is 0 Å². The van der Waals surface area contributed by atoms with Crippen LogP contribution in [0.15, 0.2) is 24.3 Å². The molecule has 0 aliphatic carbocycles. The van der Waals surface area contributed by atoms with Gasteiger partial charge in [-0.05, 0) is 63.5 Å². The second-order valence-corrected chi connectivity index (χ2v) is 5.49. The molecule has 3 nitrogen and oxygen atoms in total. The van der Waals surface area contributed by atoms with E-state index in [2.05, 4.69) is 41.5 Å². The first kappa shape index (κ1) is 14.4. The van der Waals surface area contributed by atoms with Crippen LogP contribution in [0, 0.1) is 5.92 Å². The average Bonchev–Trinajstić information content (AvgIpc) is 2.42. The van der Waals surface area contributed by atoms with Crippen LogP contribution in [0.3, 0.4) is 0 Å². The Morgan fingerprint density at radius 3 is 2.74 bits per heavy atom. The number of hydrogen-bond donors (Lipinski definition) is 1. The number of rotatable bonds is 6. The summed E-state index contributed by atoms with van der Waals surface area (Å²) in [6.45, 7) is 7.31. The lowest BCUT2D eigenvalue weighted by molar-refractivity contribution is 0.237. The monoisotopic (exact) mass is 262 g/mol. The molecule has 1 N–H and O–H groups in total. The van der Waals surface area contributed by atoms with E-state index in [9.17, 15) is 0 Å². The molecule has 0 aromatic heterocycles. The van der Waals surface area contributed by atoms with Crippen molar-refractivity contribution in [3.8, 4) is 5.75 Å². The van der Waals surface area contributed by atoms with Crippen LogP contribution in [0.25, 0.3) is 0 Å². The Kier molecular flexibility index (Phi) is 5.67. The van der Waals surface area contributed by atoms with Gasteiger partial charge in [0.1, 0.15) is 5.75 Å². The molecule has 1 atom stereocenters. The Morgan fingerprint density at radius 2 is 2.11 bits per heavy atom.